The first-order valence-electron chi connectivity index (χ1n) is 5.76. The van der Waals surface area contributed by atoms with Gasteiger partial charge in [-0.25, -0.2) is 0 Å². The van der Waals surface area contributed by atoms with Crippen LogP contribution in [0, 0.1) is 0 Å². The Kier molecular flexibility index (Phi) is 17.1. The summed E-state index contributed by atoms with van der Waals surface area (Å²) in [5.41, 5.74) is 0. The molecule has 0 atom stereocenters. The summed E-state index contributed by atoms with van der Waals surface area (Å²) in [6.45, 7) is 9.83. The monoisotopic (exact) mass is 393 g/mol. The standard InChI is InChI=1S/C6H16OSi.3BF4/c1-5-7-6-8(2,3)4;3*2-1(3,4)5/h5-6H2,1-4H3;;;/q;3*-1. The van der Waals surface area contributed by atoms with Gasteiger partial charge in [0.05, 0.1) is 8.07 Å². The maximum atomic E-state index is 9.75. The molecule has 0 saturated heterocycles. The van der Waals surface area contributed by atoms with Crippen LogP contribution in [-0.4, -0.2) is 42.7 Å². The Hall–Kier alpha value is -0.468. The zero-order valence-corrected chi connectivity index (χ0v) is 13.6. The summed E-state index contributed by atoms with van der Waals surface area (Å²) in [5.74, 6) is 0. The van der Waals surface area contributed by atoms with Gasteiger partial charge in [-0.3, -0.25) is 0 Å². The van der Waals surface area contributed by atoms with Crippen LogP contribution in [0.5, 0.6) is 0 Å². The molecule has 0 fully saturated rings. The highest BCUT2D eigenvalue weighted by Crippen LogP contribution is 2.07. The smallest absolute Gasteiger partial charge is 0.418 e. The van der Waals surface area contributed by atoms with Gasteiger partial charge in [0.25, 0.3) is 0 Å². The molecule has 0 bridgehead atoms. The second-order valence-corrected chi connectivity index (χ2v) is 10.1. The van der Waals surface area contributed by atoms with Crippen LogP contribution in [0.2, 0.25) is 19.6 Å². The summed E-state index contributed by atoms with van der Waals surface area (Å²) in [6.07, 6.45) is 1.00. The Balaban J connectivity index is -0.000000108. The average molecular weight is 393 g/mol. The topological polar surface area (TPSA) is 9.23 Å². The number of ether oxygens (including phenoxy) is 1. The molecule has 0 aliphatic rings. The van der Waals surface area contributed by atoms with Gasteiger partial charge in [0.1, 0.15) is 0 Å². The Morgan fingerprint density at radius 1 is 0.609 bits per heavy atom. The van der Waals surface area contributed by atoms with Gasteiger partial charge in [-0.15, -0.1) is 0 Å². The Morgan fingerprint density at radius 3 is 0.826 bits per heavy atom. The first-order chi connectivity index (χ1) is 9.56. The molecule has 0 heterocycles. The molecule has 0 saturated carbocycles. The number of halogens is 12. The Bertz CT molecular complexity index is 213. The summed E-state index contributed by atoms with van der Waals surface area (Å²) < 4.78 is 122. The number of hydrogen-bond acceptors (Lipinski definition) is 1. The van der Waals surface area contributed by atoms with Crippen molar-refractivity contribution in [2.75, 3.05) is 12.8 Å². The fraction of sp³-hybridized carbons (Fsp3) is 1.00. The van der Waals surface area contributed by atoms with Crippen LogP contribution in [0.1, 0.15) is 6.92 Å². The summed E-state index contributed by atoms with van der Waals surface area (Å²) >= 11 is 0. The van der Waals surface area contributed by atoms with E-state index in [1.165, 1.54) is 0 Å². The Morgan fingerprint density at radius 2 is 0.783 bits per heavy atom. The minimum atomic E-state index is -6.00. The molecule has 1 nitrogen and oxygen atoms in total. The van der Waals surface area contributed by atoms with E-state index in [0.29, 0.717) is 0 Å². The lowest BCUT2D eigenvalue weighted by Crippen LogP contribution is -2.27. The molecule has 0 aromatic carbocycles. The molecular weight excluding hydrogens is 377 g/mol. The average Bonchev–Trinajstić information content (AvgIpc) is 2.04. The van der Waals surface area contributed by atoms with E-state index in [1.807, 2.05) is 6.92 Å². The minimum Gasteiger partial charge on any atom is -0.418 e. The summed E-state index contributed by atoms with van der Waals surface area (Å²) in [4.78, 5) is 0. The number of rotatable bonds is 3. The zero-order chi connectivity index (χ0) is 20.1. The van der Waals surface area contributed by atoms with Gasteiger partial charge in [0.15, 0.2) is 0 Å². The highest BCUT2D eigenvalue weighted by atomic mass is 28.3. The molecule has 0 aromatic heterocycles. The fourth-order valence-corrected chi connectivity index (χ4v) is 1.22. The van der Waals surface area contributed by atoms with Gasteiger partial charge in [-0.05, 0) is 6.92 Å². The SMILES string of the molecule is CCOC[Si](C)(C)C.F[B-](F)(F)F.F[B-](F)(F)F.F[B-](F)(F)F. The van der Waals surface area contributed by atoms with Crippen LogP contribution in [0.15, 0.2) is 0 Å². The molecule has 0 unspecified atom stereocenters. The lowest BCUT2D eigenvalue weighted by molar-refractivity contribution is 0.189. The van der Waals surface area contributed by atoms with Crippen molar-refractivity contribution in [3.05, 3.63) is 0 Å². The minimum absolute atomic E-state index is 0.865. The van der Waals surface area contributed by atoms with E-state index in [1.54, 1.807) is 0 Å². The van der Waals surface area contributed by atoms with E-state index in [2.05, 4.69) is 19.6 Å². The van der Waals surface area contributed by atoms with Gasteiger partial charge in [0.2, 0.25) is 0 Å². The molecule has 0 rings (SSSR count). The van der Waals surface area contributed by atoms with Gasteiger partial charge in [0, 0.05) is 12.8 Å². The highest BCUT2D eigenvalue weighted by molar-refractivity contribution is 6.76. The van der Waals surface area contributed by atoms with Crippen LogP contribution in [-0.2, 0) is 4.74 Å². The lowest BCUT2D eigenvalue weighted by atomic mass is 10.3. The van der Waals surface area contributed by atoms with Crippen LogP contribution in [0.3, 0.4) is 0 Å². The Labute approximate surface area is 127 Å². The zero-order valence-electron chi connectivity index (χ0n) is 12.6. The molecule has 146 valence electrons. The van der Waals surface area contributed by atoms with E-state index >= 15 is 0 Å². The van der Waals surface area contributed by atoms with Crippen molar-refractivity contribution in [2.24, 2.45) is 0 Å². The third kappa shape index (κ3) is 400. The molecule has 0 aromatic rings. The molecule has 17 heteroatoms. The first-order valence-corrected chi connectivity index (χ1v) is 9.46. The maximum absolute atomic E-state index is 9.75. The maximum Gasteiger partial charge on any atom is 0.673 e. The van der Waals surface area contributed by atoms with E-state index in [0.717, 1.165) is 12.8 Å². The van der Waals surface area contributed by atoms with Crippen LogP contribution < -0.4 is 0 Å². The highest BCUT2D eigenvalue weighted by Gasteiger charge is 2.21. The third-order valence-corrected chi connectivity index (χ3v) is 1.81. The van der Waals surface area contributed by atoms with Gasteiger partial charge in [-0.2, -0.15) is 0 Å². The first kappa shape index (κ1) is 30.4. The van der Waals surface area contributed by atoms with Crippen LogP contribution in [0.25, 0.3) is 0 Å². The van der Waals surface area contributed by atoms with Crippen molar-refractivity contribution in [1.29, 1.82) is 0 Å². The molecule has 0 N–H and O–H groups in total. The second kappa shape index (κ2) is 12.9. The predicted molar refractivity (Wildman–Crippen MR) is 70.4 cm³/mol. The normalized spacial score (nSPS) is 12.0. The molecule has 0 amide bonds. The van der Waals surface area contributed by atoms with Crippen LogP contribution in [0.4, 0.5) is 51.8 Å². The van der Waals surface area contributed by atoms with Gasteiger partial charge < -0.3 is 56.5 Å². The van der Waals surface area contributed by atoms with E-state index < -0.39 is 29.8 Å². The van der Waals surface area contributed by atoms with Gasteiger partial charge in [-0.1, -0.05) is 19.6 Å². The van der Waals surface area contributed by atoms with Crippen molar-refractivity contribution in [3.63, 3.8) is 0 Å². The quantitative estimate of drug-likeness (QED) is 0.435. The van der Waals surface area contributed by atoms with Gasteiger partial charge >= 0.3 is 21.8 Å². The molecular formula is C6H16B3F12OSi-3. The molecule has 23 heavy (non-hydrogen) atoms. The van der Waals surface area contributed by atoms with Crippen LogP contribution >= 0.6 is 0 Å². The lowest BCUT2D eigenvalue weighted by Gasteiger charge is -2.13. The predicted octanol–water partition coefficient (Wildman–Crippen LogP) is 5.80. The van der Waals surface area contributed by atoms with E-state index in [-0.39, 0.29) is 0 Å². The third-order valence-electron chi connectivity index (χ3n) is 0.739. The molecule has 0 aliphatic carbocycles. The van der Waals surface area contributed by atoms with E-state index in [4.69, 9.17) is 4.74 Å². The van der Waals surface area contributed by atoms with Crippen molar-refractivity contribution in [3.8, 4) is 0 Å². The van der Waals surface area contributed by atoms with Crippen molar-refractivity contribution >= 4 is 29.8 Å². The fourth-order valence-electron chi connectivity index (χ4n) is 0.408. The van der Waals surface area contributed by atoms with Crippen molar-refractivity contribution < 1.29 is 56.5 Å². The molecule has 0 spiro atoms. The summed E-state index contributed by atoms with van der Waals surface area (Å²) in [7, 11) is -18.9. The molecule has 0 aliphatic heterocycles. The largest absolute Gasteiger partial charge is 0.673 e. The van der Waals surface area contributed by atoms with E-state index in [9.17, 15) is 51.8 Å². The number of hydrogen-bond donors (Lipinski definition) is 0. The van der Waals surface area contributed by atoms with Crippen molar-refractivity contribution in [1.82, 2.24) is 0 Å². The molecule has 0 radical (unpaired) electrons. The second-order valence-electron chi connectivity index (χ2n) is 4.68. The van der Waals surface area contributed by atoms with Crippen molar-refractivity contribution in [2.45, 2.75) is 26.6 Å². The summed E-state index contributed by atoms with van der Waals surface area (Å²) in [5, 5.41) is 0. The summed E-state index contributed by atoms with van der Waals surface area (Å²) in [6, 6.07) is 0.